The second-order valence-electron chi connectivity index (χ2n) is 7.87. The van der Waals surface area contributed by atoms with Crippen molar-refractivity contribution in [3.05, 3.63) is 29.8 Å². The molecule has 0 saturated carbocycles. The lowest BCUT2D eigenvalue weighted by Gasteiger charge is -2.29. The van der Waals surface area contributed by atoms with Crippen molar-refractivity contribution in [2.45, 2.75) is 58.4 Å². The third-order valence-electron chi connectivity index (χ3n) is 5.73. The molecule has 0 bridgehead atoms. The number of carbonyl (C=O) groups is 2. The Morgan fingerprint density at radius 1 is 0.852 bits per heavy atom. The van der Waals surface area contributed by atoms with E-state index in [2.05, 4.69) is 11.0 Å². The van der Waals surface area contributed by atoms with Gasteiger partial charge in [-0.3, -0.25) is 14.5 Å². The van der Waals surface area contributed by atoms with Crippen molar-refractivity contribution < 1.29 is 9.59 Å². The number of rotatable bonds is 2. The molecule has 27 heavy (non-hydrogen) atoms. The Hall–Kier alpha value is -1.88. The Labute approximate surface area is 163 Å². The van der Waals surface area contributed by atoms with Gasteiger partial charge < -0.3 is 9.80 Å². The fourth-order valence-corrected chi connectivity index (χ4v) is 4.20. The number of amides is 2. The van der Waals surface area contributed by atoms with E-state index in [0.717, 1.165) is 76.1 Å². The van der Waals surface area contributed by atoms with Gasteiger partial charge in [-0.05, 0) is 43.9 Å². The first-order valence-corrected chi connectivity index (χ1v) is 10.5. The van der Waals surface area contributed by atoms with Crippen molar-refractivity contribution in [1.29, 1.82) is 0 Å². The van der Waals surface area contributed by atoms with Gasteiger partial charge in [0.1, 0.15) is 0 Å². The van der Waals surface area contributed by atoms with Gasteiger partial charge in [0.2, 0.25) is 11.8 Å². The quantitative estimate of drug-likeness (QED) is 0.800. The van der Waals surface area contributed by atoms with Gasteiger partial charge in [-0.1, -0.05) is 37.5 Å². The van der Waals surface area contributed by atoms with Gasteiger partial charge in [-0.25, -0.2) is 0 Å². The molecule has 2 amide bonds. The Morgan fingerprint density at radius 2 is 1.48 bits per heavy atom. The predicted octanol–water partition coefficient (Wildman–Crippen LogP) is 3.43. The zero-order valence-corrected chi connectivity index (χ0v) is 16.7. The van der Waals surface area contributed by atoms with Crippen molar-refractivity contribution in [2.75, 3.05) is 37.6 Å². The van der Waals surface area contributed by atoms with Crippen LogP contribution in [0.5, 0.6) is 0 Å². The summed E-state index contributed by atoms with van der Waals surface area (Å²) in [5.41, 5.74) is 2.15. The van der Waals surface area contributed by atoms with Gasteiger partial charge in [0.05, 0.1) is 6.54 Å². The molecule has 2 aliphatic rings. The Morgan fingerprint density at radius 3 is 2.22 bits per heavy atom. The lowest BCUT2D eigenvalue weighted by molar-refractivity contribution is -0.131. The molecule has 1 aromatic carbocycles. The zero-order chi connectivity index (χ0) is 19.1. The fourth-order valence-electron chi connectivity index (χ4n) is 4.20. The van der Waals surface area contributed by atoms with E-state index in [0.29, 0.717) is 6.54 Å². The minimum atomic E-state index is 0.0965. The van der Waals surface area contributed by atoms with Gasteiger partial charge in [-0.15, -0.1) is 0 Å². The van der Waals surface area contributed by atoms with Crippen molar-refractivity contribution in [2.24, 2.45) is 0 Å². The maximum atomic E-state index is 12.7. The highest BCUT2D eigenvalue weighted by Gasteiger charge is 2.22. The Kier molecular flexibility index (Phi) is 7.27. The summed E-state index contributed by atoms with van der Waals surface area (Å²) in [6.45, 7) is 6.38. The highest BCUT2D eigenvalue weighted by molar-refractivity contribution is 5.92. The number of likely N-dealkylation sites (tertiary alicyclic amines) is 1. The average Bonchev–Trinajstić information content (AvgIpc) is 3.18. The number of carbonyl (C=O) groups excluding carboxylic acids is 2. The number of fused-ring (bicyclic) bond motifs is 1. The van der Waals surface area contributed by atoms with Crippen LogP contribution in [0.2, 0.25) is 0 Å². The van der Waals surface area contributed by atoms with Crippen LogP contribution in [-0.2, 0) is 16.1 Å². The van der Waals surface area contributed by atoms with E-state index < -0.39 is 0 Å². The molecule has 0 unspecified atom stereocenters. The van der Waals surface area contributed by atoms with Gasteiger partial charge in [0.15, 0.2) is 0 Å². The topological polar surface area (TPSA) is 43.9 Å². The SMILES string of the molecule is CC(=O)N1CCCCCCCN(CC(=O)N2CCCC2)Cc2ccccc21. The Bertz CT molecular complexity index is 640. The molecule has 3 rings (SSSR count). The lowest BCUT2D eigenvalue weighted by atomic mass is 10.1. The van der Waals surface area contributed by atoms with Crippen LogP contribution >= 0.6 is 0 Å². The van der Waals surface area contributed by atoms with E-state index in [-0.39, 0.29) is 11.8 Å². The molecule has 2 aliphatic heterocycles. The summed E-state index contributed by atoms with van der Waals surface area (Å²) in [6.07, 6.45) is 7.97. The van der Waals surface area contributed by atoms with E-state index >= 15 is 0 Å². The number of para-hydroxylation sites is 1. The summed E-state index contributed by atoms with van der Waals surface area (Å²) in [6, 6.07) is 8.18. The van der Waals surface area contributed by atoms with Gasteiger partial charge in [0.25, 0.3) is 0 Å². The first kappa shape index (κ1) is 19.9. The molecule has 0 aromatic heterocycles. The van der Waals surface area contributed by atoms with Crippen LogP contribution in [0.25, 0.3) is 0 Å². The van der Waals surface area contributed by atoms with Crippen LogP contribution in [0, 0.1) is 0 Å². The molecular weight excluding hydrogens is 338 g/mol. The maximum Gasteiger partial charge on any atom is 0.236 e. The number of benzene rings is 1. The first-order valence-electron chi connectivity index (χ1n) is 10.5. The molecule has 5 heteroatoms. The first-order chi connectivity index (χ1) is 13.1. The second kappa shape index (κ2) is 9.88. The predicted molar refractivity (Wildman–Crippen MR) is 109 cm³/mol. The van der Waals surface area contributed by atoms with E-state index in [9.17, 15) is 9.59 Å². The molecule has 148 valence electrons. The van der Waals surface area contributed by atoms with E-state index in [1.807, 2.05) is 28.0 Å². The third-order valence-corrected chi connectivity index (χ3v) is 5.73. The third kappa shape index (κ3) is 5.55. The van der Waals surface area contributed by atoms with Crippen LogP contribution in [0.15, 0.2) is 24.3 Å². The molecular formula is C22H33N3O2. The monoisotopic (exact) mass is 371 g/mol. The van der Waals surface area contributed by atoms with Crippen molar-refractivity contribution in [1.82, 2.24) is 9.80 Å². The van der Waals surface area contributed by atoms with Crippen LogP contribution in [0.1, 0.15) is 57.4 Å². The van der Waals surface area contributed by atoms with Crippen LogP contribution in [0.3, 0.4) is 0 Å². The summed E-state index contributed by atoms with van der Waals surface area (Å²) in [7, 11) is 0. The summed E-state index contributed by atoms with van der Waals surface area (Å²) < 4.78 is 0. The minimum absolute atomic E-state index is 0.0965. The van der Waals surface area contributed by atoms with Crippen LogP contribution < -0.4 is 4.90 Å². The molecule has 0 spiro atoms. The normalized spacial score (nSPS) is 19.9. The largest absolute Gasteiger partial charge is 0.342 e. The summed E-state index contributed by atoms with van der Waals surface area (Å²) >= 11 is 0. The number of hydrogen-bond donors (Lipinski definition) is 0. The highest BCUT2D eigenvalue weighted by Crippen LogP contribution is 2.24. The van der Waals surface area contributed by atoms with Crippen LogP contribution in [0.4, 0.5) is 5.69 Å². The minimum Gasteiger partial charge on any atom is -0.342 e. The molecule has 0 radical (unpaired) electrons. The smallest absolute Gasteiger partial charge is 0.236 e. The van der Waals surface area contributed by atoms with Crippen molar-refractivity contribution >= 4 is 17.5 Å². The second-order valence-corrected chi connectivity index (χ2v) is 7.87. The van der Waals surface area contributed by atoms with E-state index in [4.69, 9.17) is 0 Å². The van der Waals surface area contributed by atoms with E-state index in [1.54, 1.807) is 6.92 Å². The molecule has 0 atom stereocenters. The standard InChI is InChI=1S/C22H33N3O2/c1-19(26)25-16-8-4-2-3-7-13-23(17-20-11-5-6-12-21(20)25)18-22(27)24-14-9-10-15-24/h5-6,11-12H,2-4,7-10,13-18H2,1H3. The van der Waals surface area contributed by atoms with Gasteiger partial charge >= 0.3 is 0 Å². The number of anilines is 1. The lowest BCUT2D eigenvalue weighted by Crippen LogP contribution is -2.39. The molecule has 1 aromatic rings. The summed E-state index contributed by atoms with van der Waals surface area (Å²) in [5, 5.41) is 0. The number of nitrogens with zero attached hydrogens (tertiary/aromatic N) is 3. The molecule has 0 aliphatic carbocycles. The molecule has 0 N–H and O–H groups in total. The Balaban J connectivity index is 1.79. The number of hydrogen-bond acceptors (Lipinski definition) is 3. The summed E-state index contributed by atoms with van der Waals surface area (Å²) in [5.74, 6) is 0.347. The van der Waals surface area contributed by atoms with Gasteiger partial charge in [0, 0.05) is 38.8 Å². The molecule has 1 saturated heterocycles. The molecule has 2 heterocycles. The van der Waals surface area contributed by atoms with Crippen molar-refractivity contribution in [3.63, 3.8) is 0 Å². The summed E-state index contributed by atoms with van der Waals surface area (Å²) in [4.78, 5) is 31.2. The van der Waals surface area contributed by atoms with Crippen molar-refractivity contribution in [3.8, 4) is 0 Å². The zero-order valence-electron chi connectivity index (χ0n) is 16.7. The molecule has 5 nitrogen and oxygen atoms in total. The maximum absolute atomic E-state index is 12.7. The average molecular weight is 372 g/mol. The molecule has 1 fully saturated rings. The fraction of sp³-hybridized carbons (Fsp3) is 0.636. The highest BCUT2D eigenvalue weighted by atomic mass is 16.2. The van der Waals surface area contributed by atoms with Gasteiger partial charge in [-0.2, -0.15) is 0 Å². The van der Waals surface area contributed by atoms with E-state index in [1.165, 1.54) is 12.8 Å². The van der Waals surface area contributed by atoms with Crippen LogP contribution in [-0.4, -0.2) is 54.3 Å².